The second kappa shape index (κ2) is 7.39. The molecule has 0 N–H and O–H groups in total. The minimum atomic E-state index is 0.511. The Hall–Kier alpha value is -4.38. The van der Waals surface area contributed by atoms with Crippen LogP contribution in [0.2, 0.25) is 0 Å². The first-order chi connectivity index (χ1) is 15.5. The standard InChI is InChI=1S/C24H20N6O2/c1-14-22(15(2)32-28-14)18-10-19-17(11-21(18)31-4)23-20(12-26-19)29(3)24(27-13-25)30(23)16-8-6-5-7-9-16/h5-12H,1-4H3. The van der Waals surface area contributed by atoms with E-state index in [0.29, 0.717) is 11.4 Å². The van der Waals surface area contributed by atoms with Crippen LogP contribution in [0.3, 0.4) is 0 Å². The number of nitriles is 1. The number of para-hydroxylation sites is 1. The largest absolute Gasteiger partial charge is 0.496 e. The van der Waals surface area contributed by atoms with Crippen LogP contribution in [0.4, 0.5) is 0 Å². The summed E-state index contributed by atoms with van der Waals surface area (Å²) in [5.74, 6) is 1.40. The summed E-state index contributed by atoms with van der Waals surface area (Å²) in [4.78, 5) is 8.82. The summed E-state index contributed by atoms with van der Waals surface area (Å²) in [6.45, 7) is 3.79. The molecule has 0 fully saturated rings. The third-order valence-electron chi connectivity index (χ3n) is 5.69. The molecule has 8 nitrogen and oxygen atoms in total. The Bertz CT molecular complexity index is 1580. The zero-order valence-corrected chi connectivity index (χ0v) is 18.1. The van der Waals surface area contributed by atoms with E-state index < -0.39 is 0 Å². The summed E-state index contributed by atoms with van der Waals surface area (Å²) in [5.41, 5.74) is 6.48. The highest BCUT2D eigenvalue weighted by Crippen LogP contribution is 2.39. The number of methoxy groups -OCH3 is 1. The predicted molar refractivity (Wildman–Crippen MR) is 120 cm³/mol. The molecule has 0 amide bonds. The van der Waals surface area contributed by atoms with E-state index in [9.17, 15) is 5.26 Å². The van der Waals surface area contributed by atoms with Crippen LogP contribution in [0.5, 0.6) is 5.75 Å². The maximum Gasteiger partial charge on any atom is 0.226 e. The molecule has 0 atom stereocenters. The van der Waals surface area contributed by atoms with E-state index in [1.54, 1.807) is 13.3 Å². The topological polar surface area (TPSA) is 94.2 Å². The molecular formula is C24H20N6O2. The number of imidazole rings is 1. The molecule has 0 saturated carbocycles. The summed E-state index contributed by atoms with van der Waals surface area (Å²) in [7, 11) is 3.52. The third-order valence-corrected chi connectivity index (χ3v) is 5.69. The summed E-state index contributed by atoms with van der Waals surface area (Å²) in [6, 6.07) is 13.8. The Morgan fingerprint density at radius 2 is 1.94 bits per heavy atom. The molecule has 0 saturated heterocycles. The Kier molecular flexibility index (Phi) is 4.52. The minimum Gasteiger partial charge on any atom is -0.496 e. The maximum absolute atomic E-state index is 9.34. The number of fused-ring (bicyclic) bond motifs is 3. The first kappa shape index (κ1) is 19.6. The van der Waals surface area contributed by atoms with Crippen molar-refractivity contribution in [3.05, 3.63) is 65.7 Å². The van der Waals surface area contributed by atoms with Crippen molar-refractivity contribution in [1.29, 1.82) is 5.26 Å². The fourth-order valence-electron chi connectivity index (χ4n) is 4.26. The first-order valence-electron chi connectivity index (χ1n) is 10.0. The van der Waals surface area contributed by atoms with Crippen LogP contribution in [0.1, 0.15) is 11.5 Å². The van der Waals surface area contributed by atoms with Gasteiger partial charge in [-0.25, -0.2) is 0 Å². The summed E-state index contributed by atoms with van der Waals surface area (Å²) in [6.07, 6.45) is 3.73. The van der Waals surface area contributed by atoms with Gasteiger partial charge in [-0.15, -0.1) is 4.99 Å². The number of hydrogen-bond donors (Lipinski definition) is 0. The van der Waals surface area contributed by atoms with Gasteiger partial charge in [0.05, 0.1) is 41.1 Å². The van der Waals surface area contributed by atoms with E-state index in [1.807, 2.05) is 78.7 Å². The quantitative estimate of drug-likeness (QED) is 0.405. The first-order valence-corrected chi connectivity index (χ1v) is 10.0. The number of hydrogen-bond acceptors (Lipinski definition) is 6. The van der Waals surface area contributed by atoms with E-state index in [-0.39, 0.29) is 0 Å². The molecular weight excluding hydrogens is 404 g/mol. The number of pyridine rings is 1. The number of aryl methyl sites for hydroxylation is 3. The van der Waals surface area contributed by atoms with Crippen molar-refractivity contribution in [2.75, 3.05) is 7.11 Å². The lowest BCUT2D eigenvalue weighted by Crippen LogP contribution is -2.22. The molecule has 3 aromatic heterocycles. The molecule has 0 unspecified atom stereocenters. The van der Waals surface area contributed by atoms with Gasteiger partial charge in [-0.1, -0.05) is 23.4 Å². The van der Waals surface area contributed by atoms with Gasteiger partial charge in [0.1, 0.15) is 11.5 Å². The van der Waals surface area contributed by atoms with Gasteiger partial charge in [0.15, 0.2) is 0 Å². The average Bonchev–Trinajstić information content (AvgIpc) is 3.29. The molecule has 0 aliphatic rings. The fourth-order valence-corrected chi connectivity index (χ4v) is 4.26. The summed E-state index contributed by atoms with van der Waals surface area (Å²) in [5, 5.41) is 14.3. The fraction of sp³-hybridized carbons (Fsp3) is 0.167. The van der Waals surface area contributed by atoms with E-state index in [4.69, 9.17) is 14.2 Å². The van der Waals surface area contributed by atoms with Crippen LogP contribution < -0.4 is 10.4 Å². The average molecular weight is 424 g/mol. The van der Waals surface area contributed by atoms with Crippen molar-refractivity contribution in [1.82, 2.24) is 19.3 Å². The van der Waals surface area contributed by atoms with Crippen LogP contribution >= 0.6 is 0 Å². The molecule has 8 heteroatoms. The molecule has 2 aromatic carbocycles. The molecule has 0 spiro atoms. The lowest BCUT2D eigenvalue weighted by molar-refractivity contribution is 0.393. The Morgan fingerprint density at radius 1 is 1.16 bits per heavy atom. The van der Waals surface area contributed by atoms with Crippen molar-refractivity contribution in [3.8, 4) is 28.8 Å². The molecule has 5 aromatic rings. The molecule has 5 rings (SSSR count). The van der Waals surface area contributed by atoms with Crippen molar-refractivity contribution >= 4 is 21.9 Å². The maximum atomic E-state index is 9.34. The molecule has 0 radical (unpaired) electrons. The number of ether oxygens (including phenoxy) is 1. The zero-order valence-electron chi connectivity index (χ0n) is 18.1. The number of rotatable bonds is 3. The third kappa shape index (κ3) is 2.79. The van der Waals surface area contributed by atoms with Gasteiger partial charge < -0.3 is 13.8 Å². The van der Waals surface area contributed by atoms with Crippen molar-refractivity contribution in [2.24, 2.45) is 12.0 Å². The highest BCUT2D eigenvalue weighted by atomic mass is 16.5. The number of aromatic nitrogens is 4. The van der Waals surface area contributed by atoms with Gasteiger partial charge in [0.25, 0.3) is 0 Å². The smallest absolute Gasteiger partial charge is 0.226 e. The number of benzene rings is 2. The Morgan fingerprint density at radius 3 is 2.59 bits per heavy atom. The van der Waals surface area contributed by atoms with Gasteiger partial charge >= 0.3 is 0 Å². The lowest BCUT2D eigenvalue weighted by atomic mass is 10.0. The van der Waals surface area contributed by atoms with Gasteiger partial charge in [-0.3, -0.25) is 9.55 Å². The van der Waals surface area contributed by atoms with Gasteiger partial charge in [-0.2, -0.15) is 5.26 Å². The van der Waals surface area contributed by atoms with E-state index in [1.165, 1.54) is 0 Å². The van der Waals surface area contributed by atoms with Gasteiger partial charge in [0, 0.05) is 23.7 Å². The van der Waals surface area contributed by atoms with Crippen LogP contribution in [-0.2, 0) is 7.05 Å². The van der Waals surface area contributed by atoms with Crippen molar-refractivity contribution in [3.63, 3.8) is 0 Å². The van der Waals surface area contributed by atoms with E-state index in [0.717, 1.165) is 50.2 Å². The van der Waals surface area contributed by atoms with Crippen LogP contribution in [0, 0.1) is 25.3 Å². The van der Waals surface area contributed by atoms with Crippen LogP contribution in [0.15, 0.2) is 58.2 Å². The summed E-state index contributed by atoms with van der Waals surface area (Å²) < 4.78 is 15.0. The van der Waals surface area contributed by atoms with E-state index in [2.05, 4.69) is 10.1 Å². The van der Waals surface area contributed by atoms with Crippen molar-refractivity contribution in [2.45, 2.75) is 13.8 Å². The van der Waals surface area contributed by atoms with E-state index >= 15 is 0 Å². The van der Waals surface area contributed by atoms with Crippen molar-refractivity contribution < 1.29 is 9.26 Å². The molecule has 3 heterocycles. The summed E-state index contributed by atoms with van der Waals surface area (Å²) >= 11 is 0. The lowest BCUT2D eigenvalue weighted by Gasteiger charge is -2.12. The highest BCUT2D eigenvalue weighted by molar-refractivity contribution is 6.05. The molecule has 32 heavy (non-hydrogen) atoms. The highest BCUT2D eigenvalue weighted by Gasteiger charge is 2.20. The normalized spacial score (nSPS) is 11.9. The second-order valence-electron chi connectivity index (χ2n) is 7.50. The predicted octanol–water partition coefficient (Wildman–Crippen LogP) is 4.18. The molecule has 0 aliphatic carbocycles. The van der Waals surface area contributed by atoms with Crippen LogP contribution in [-0.4, -0.2) is 26.4 Å². The second-order valence-corrected chi connectivity index (χ2v) is 7.50. The molecule has 0 bridgehead atoms. The van der Waals surface area contributed by atoms with Gasteiger partial charge in [0.2, 0.25) is 11.8 Å². The minimum absolute atomic E-state index is 0.511. The zero-order chi connectivity index (χ0) is 22.4. The number of nitrogens with zero attached hydrogens (tertiary/aromatic N) is 6. The molecule has 0 aliphatic heterocycles. The molecule has 158 valence electrons. The van der Waals surface area contributed by atoms with Crippen LogP contribution in [0.25, 0.3) is 38.8 Å². The SMILES string of the molecule is COc1cc2c(cc1-c1c(C)noc1C)ncc1c2n(-c2ccccc2)c(=NC#N)n1C. The Labute approximate surface area is 183 Å². The van der Waals surface area contributed by atoms with Gasteiger partial charge in [-0.05, 0) is 38.1 Å². The Balaban J connectivity index is 1.95. The monoisotopic (exact) mass is 424 g/mol.